The molecule has 0 saturated carbocycles. The van der Waals surface area contributed by atoms with Crippen molar-refractivity contribution in [3.05, 3.63) is 58.9 Å². The predicted molar refractivity (Wildman–Crippen MR) is 76.1 cm³/mol. The van der Waals surface area contributed by atoms with Crippen molar-refractivity contribution in [2.24, 2.45) is 0 Å². The summed E-state index contributed by atoms with van der Waals surface area (Å²) in [6.45, 7) is 0. The lowest BCUT2D eigenvalue weighted by atomic mass is 10.2. The van der Waals surface area contributed by atoms with Crippen LogP contribution in [0.25, 0.3) is 11.1 Å². The van der Waals surface area contributed by atoms with Gasteiger partial charge in [0.15, 0.2) is 12.0 Å². The topological polar surface area (TPSA) is 55.1 Å². The molecule has 19 heavy (non-hydrogen) atoms. The molecular formula is C14H9BrN2O2. The van der Waals surface area contributed by atoms with Crippen LogP contribution in [0.15, 0.2) is 57.7 Å². The van der Waals surface area contributed by atoms with Gasteiger partial charge in [-0.1, -0.05) is 12.1 Å². The third kappa shape index (κ3) is 2.37. The van der Waals surface area contributed by atoms with Crippen molar-refractivity contribution >= 4 is 38.6 Å². The van der Waals surface area contributed by atoms with Crippen LogP contribution in [-0.4, -0.2) is 10.9 Å². The van der Waals surface area contributed by atoms with Gasteiger partial charge < -0.3 is 9.73 Å². The summed E-state index contributed by atoms with van der Waals surface area (Å²) in [5, 5.41) is 2.82. The van der Waals surface area contributed by atoms with E-state index in [4.69, 9.17) is 4.42 Å². The number of hydrogen-bond acceptors (Lipinski definition) is 3. The number of amides is 1. The molecular weight excluding hydrogens is 308 g/mol. The lowest BCUT2D eigenvalue weighted by molar-refractivity contribution is 0.102. The summed E-state index contributed by atoms with van der Waals surface area (Å²) in [5.41, 5.74) is 2.66. The van der Waals surface area contributed by atoms with Crippen molar-refractivity contribution in [2.45, 2.75) is 0 Å². The second-order valence-corrected chi connectivity index (χ2v) is 4.82. The monoisotopic (exact) mass is 316 g/mol. The highest BCUT2D eigenvalue weighted by Crippen LogP contribution is 2.20. The van der Waals surface area contributed by atoms with E-state index in [1.165, 1.54) is 6.39 Å². The molecule has 1 heterocycles. The van der Waals surface area contributed by atoms with Crippen LogP contribution in [0.1, 0.15) is 10.4 Å². The van der Waals surface area contributed by atoms with E-state index >= 15 is 0 Å². The van der Waals surface area contributed by atoms with Gasteiger partial charge in [0, 0.05) is 16.2 Å². The first-order chi connectivity index (χ1) is 9.24. The Morgan fingerprint density at radius 1 is 1.21 bits per heavy atom. The van der Waals surface area contributed by atoms with Crippen molar-refractivity contribution in [2.75, 3.05) is 5.32 Å². The van der Waals surface area contributed by atoms with Gasteiger partial charge in [-0.2, -0.15) is 0 Å². The summed E-state index contributed by atoms with van der Waals surface area (Å²) in [5.74, 6) is -0.175. The molecule has 4 nitrogen and oxygen atoms in total. The SMILES string of the molecule is O=C(Nc1ccc2ncoc2c1)c1ccccc1Br. The third-order valence-electron chi connectivity index (χ3n) is 2.71. The van der Waals surface area contributed by atoms with Crippen LogP contribution < -0.4 is 5.32 Å². The van der Waals surface area contributed by atoms with E-state index in [1.807, 2.05) is 18.2 Å². The average molecular weight is 317 g/mol. The molecule has 1 amide bonds. The normalized spacial score (nSPS) is 10.6. The van der Waals surface area contributed by atoms with E-state index in [9.17, 15) is 4.79 Å². The summed E-state index contributed by atoms with van der Waals surface area (Å²) in [6, 6.07) is 12.6. The van der Waals surface area contributed by atoms with E-state index in [2.05, 4.69) is 26.2 Å². The molecule has 0 aliphatic rings. The highest BCUT2D eigenvalue weighted by atomic mass is 79.9. The molecule has 94 valence electrons. The maximum absolute atomic E-state index is 12.1. The van der Waals surface area contributed by atoms with Gasteiger partial charge in [0.25, 0.3) is 5.91 Å². The first-order valence-electron chi connectivity index (χ1n) is 5.63. The van der Waals surface area contributed by atoms with E-state index in [-0.39, 0.29) is 5.91 Å². The molecule has 5 heteroatoms. The fraction of sp³-hybridized carbons (Fsp3) is 0. The van der Waals surface area contributed by atoms with Crippen molar-refractivity contribution in [1.29, 1.82) is 0 Å². The van der Waals surface area contributed by atoms with Gasteiger partial charge in [0.1, 0.15) is 5.52 Å². The van der Waals surface area contributed by atoms with Crippen molar-refractivity contribution in [3.63, 3.8) is 0 Å². The van der Waals surface area contributed by atoms with Gasteiger partial charge >= 0.3 is 0 Å². The average Bonchev–Trinajstić information content (AvgIpc) is 2.86. The van der Waals surface area contributed by atoms with Crippen LogP contribution in [0, 0.1) is 0 Å². The largest absolute Gasteiger partial charge is 0.443 e. The Morgan fingerprint density at radius 3 is 2.89 bits per heavy atom. The number of rotatable bonds is 2. The van der Waals surface area contributed by atoms with Gasteiger partial charge in [0.05, 0.1) is 5.56 Å². The molecule has 1 aromatic heterocycles. The minimum absolute atomic E-state index is 0.175. The minimum Gasteiger partial charge on any atom is -0.443 e. The number of nitrogens with zero attached hydrogens (tertiary/aromatic N) is 1. The number of oxazole rings is 1. The molecule has 3 aromatic rings. The number of halogens is 1. The summed E-state index contributed by atoms with van der Waals surface area (Å²) < 4.78 is 5.96. The Morgan fingerprint density at radius 2 is 2.05 bits per heavy atom. The van der Waals surface area contributed by atoms with Gasteiger partial charge in [-0.05, 0) is 40.2 Å². The molecule has 0 aliphatic heterocycles. The van der Waals surface area contributed by atoms with E-state index < -0.39 is 0 Å². The molecule has 0 radical (unpaired) electrons. The summed E-state index contributed by atoms with van der Waals surface area (Å²) in [7, 11) is 0. The number of carbonyl (C=O) groups is 1. The maximum Gasteiger partial charge on any atom is 0.256 e. The van der Waals surface area contributed by atoms with Gasteiger partial charge in [-0.3, -0.25) is 4.79 Å². The second kappa shape index (κ2) is 4.85. The molecule has 0 bridgehead atoms. The third-order valence-corrected chi connectivity index (χ3v) is 3.40. The highest BCUT2D eigenvalue weighted by molar-refractivity contribution is 9.10. The zero-order valence-electron chi connectivity index (χ0n) is 9.76. The molecule has 0 spiro atoms. The molecule has 0 unspecified atom stereocenters. The first-order valence-corrected chi connectivity index (χ1v) is 6.42. The Hall–Kier alpha value is -2.14. The van der Waals surface area contributed by atoms with Crippen LogP contribution in [0.4, 0.5) is 5.69 Å². The van der Waals surface area contributed by atoms with Gasteiger partial charge in [0.2, 0.25) is 0 Å². The number of benzene rings is 2. The smallest absolute Gasteiger partial charge is 0.256 e. The molecule has 3 rings (SSSR count). The van der Waals surface area contributed by atoms with Gasteiger partial charge in [-0.25, -0.2) is 4.98 Å². The molecule has 0 saturated heterocycles. The number of nitrogens with one attached hydrogen (secondary N) is 1. The van der Waals surface area contributed by atoms with Crippen molar-refractivity contribution in [3.8, 4) is 0 Å². The van der Waals surface area contributed by atoms with Crippen molar-refractivity contribution < 1.29 is 9.21 Å². The molecule has 0 aliphatic carbocycles. The van der Waals surface area contributed by atoms with E-state index in [0.29, 0.717) is 16.8 Å². The zero-order chi connectivity index (χ0) is 13.2. The van der Waals surface area contributed by atoms with E-state index in [0.717, 1.165) is 9.99 Å². The van der Waals surface area contributed by atoms with E-state index in [1.54, 1.807) is 24.3 Å². The molecule has 0 fully saturated rings. The van der Waals surface area contributed by atoms with Crippen LogP contribution in [-0.2, 0) is 0 Å². The summed E-state index contributed by atoms with van der Waals surface area (Å²) in [4.78, 5) is 16.1. The van der Waals surface area contributed by atoms with Crippen LogP contribution in [0.2, 0.25) is 0 Å². The fourth-order valence-electron chi connectivity index (χ4n) is 1.78. The number of hydrogen-bond donors (Lipinski definition) is 1. The highest BCUT2D eigenvalue weighted by Gasteiger charge is 2.10. The fourth-order valence-corrected chi connectivity index (χ4v) is 2.24. The molecule has 2 aromatic carbocycles. The Balaban J connectivity index is 1.88. The lowest BCUT2D eigenvalue weighted by Crippen LogP contribution is -2.12. The summed E-state index contributed by atoms with van der Waals surface area (Å²) in [6.07, 6.45) is 1.38. The van der Waals surface area contributed by atoms with Crippen LogP contribution >= 0.6 is 15.9 Å². The zero-order valence-corrected chi connectivity index (χ0v) is 11.3. The molecule has 1 N–H and O–H groups in total. The number of aromatic nitrogens is 1. The maximum atomic E-state index is 12.1. The molecule has 0 atom stereocenters. The van der Waals surface area contributed by atoms with Crippen molar-refractivity contribution in [1.82, 2.24) is 4.98 Å². The number of anilines is 1. The summed E-state index contributed by atoms with van der Waals surface area (Å²) >= 11 is 3.35. The van der Waals surface area contributed by atoms with Crippen LogP contribution in [0.5, 0.6) is 0 Å². The number of fused-ring (bicyclic) bond motifs is 1. The number of carbonyl (C=O) groups excluding carboxylic acids is 1. The van der Waals surface area contributed by atoms with Crippen LogP contribution in [0.3, 0.4) is 0 Å². The quantitative estimate of drug-likeness (QED) is 0.781. The Bertz CT molecular complexity index is 752. The first kappa shape index (κ1) is 11.9. The minimum atomic E-state index is -0.175. The second-order valence-electron chi connectivity index (χ2n) is 3.97. The standard InChI is InChI=1S/C14H9BrN2O2/c15-11-4-2-1-3-10(11)14(18)17-9-5-6-12-13(7-9)19-8-16-12/h1-8H,(H,17,18). The van der Waals surface area contributed by atoms with Gasteiger partial charge in [-0.15, -0.1) is 0 Å². The predicted octanol–water partition coefficient (Wildman–Crippen LogP) is 3.84. The Labute approximate surface area is 117 Å². The Kier molecular flexibility index (Phi) is 3.05. The lowest BCUT2D eigenvalue weighted by Gasteiger charge is -2.06.